The fourth-order valence-corrected chi connectivity index (χ4v) is 1.42. The van der Waals surface area contributed by atoms with Crippen molar-refractivity contribution in [3.05, 3.63) is 34.8 Å². The highest BCUT2D eigenvalue weighted by atomic mass is 16.6. The predicted molar refractivity (Wildman–Crippen MR) is 59.0 cm³/mol. The lowest BCUT2D eigenvalue weighted by molar-refractivity contribution is -0.389. The van der Waals surface area contributed by atoms with Crippen LogP contribution in [0.25, 0.3) is 0 Å². The molecule has 1 aliphatic carbocycles. The van der Waals surface area contributed by atoms with Gasteiger partial charge in [0.05, 0.1) is 0 Å². The van der Waals surface area contributed by atoms with Crippen molar-refractivity contribution in [1.29, 1.82) is 0 Å². The van der Waals surface area contributed by atoms with E-state index in [1.54, 1.807) is 4.57 Å². The zero-order valence-corrected chi connectivity index (χ0v) is 8.93. The topological polar surface area (TPSA) is 73.0 Å². The van der Waals surface area contributed by atoms with Crippen LogP contribution in [0.3, 0.4) is 0 Å². The number of nitrogens with zero attached hydrogens (tertiary/aromatic N) is 3. The van der Waals surface area contributed by atoms with E-state index in [0.29, 0.717) is 12.6 Å². The van der Waals surface area contributed by atoms with Gasteiger partial charge in [0.15, 0.2) is 0 Å². The van der Waals surface area contributed by atoms with Gasteiger partial charge in [-0.2, -0.15) is 0 Å². The highest BCUT2D eigenvalue weighted by Gasteiger charge is 2.20. The number of hydrogen-bond acceptors (Lipinski definition) is 4. The van der Waals surface area contributed by atoms with Crippen molar-refractivity contribution in [3.63, 3.8) is 0 Å². The Morgan fingerprint density at radius 1 is 1.75 bits per heavy atom. The number of rotatable bonds is 6. The van der Waals surface area contributed by atoms with Crippen molar-refractivity contribution < 1.29 is 4.92 Å². The average molecular weight is 222 g/mol. The maximum absolute atomic E-state index is 10.4. The van der Waals surface area contributed by atoms with Gasteiger partial charge in [0.2, 0.25) is 6.33 Å². The monoisotopic (exact) mass is 222 g/mol. The molecule has 0 aliphatic heterocycles. The fourth-order valence-electron chi connectivity index (χ4n) is 1.42. The summed E-state index contributed by atoms with van der Waals surface area (Å²) in [4.78, 5) is 13.6. The third-order valence-electron chi connectivity index (χ3n) is 2.43. The third kappa shape index (κ3) is 2.90. The molecule has 0 aromatic carbocycles. The van der Waals surface area contributed by atoms with Crippen LogP contribution in [0.4, 0.5) is 5.82 Å². The average Bonchev–Trinajstić information content (AvgIpc) is 2.95. The Bertz CT molecular complexity index is 409. The van der Waals surface area contributed by atoms with Gasteiger partial charge in [0.25, 0.3) is 0 Å². The standard InChI is InChI=1S/C10H14N4O2/c1-8(4-11-9-2-3-9)5-13-6-10(12-7-13)14(15)16/h6-7,9,11H,1-5H2. The molecule has 1 aromatic rings. The summed E-state index contributed by atoms with van der Waals surface area (Å²) in [6.45, 7) is 5.25. The molecular weight excluding hydrogens is 208 g/mol. The molecule has 0 saturated heterocycles. The van der Waals surface area contributed by atoms with E-state index in [1.807, 2.05) is 0 Å². The number of aromatic nitrogens is 2. The van der Waals surface area contributed by atoms with Gasteiger partial charge in [-0.15, -0.1) is 0 Å². The first kappa shape index (κ1) is 10.8. The fraction of sp³-hybridized carbons (Fsp3) is 0.500. The summed E-state index contributed by atoms with van der Waals surface area (Å²) in [6.07, 6.45) is 5.36. The minimum Gasteiger partial charge on any atom is -0.358 e. The van der Waals surface area contributed by atoms with E-state index >= 15 is 0 Å². The highest BCUT2D eigenvalue weighted by molar-refractivity contribution is 5.13. The smallest absolute Gasteiger partial charge is 0.358 e. The Hall–Kier alpha value is -1.69. The maximum atomic E-state index is 10.4. The lowest BCUT2D eigenvalue weighted by Crippen LogP contribution is -2.20. The van der Waals surface area contributed by atoms with Crippen molar-refractivity contribution in [1.82, 2.24) is 14.9 Å². The molecule has 0 spiro atoms. The van der Waals surface area contributed by atoms with E-state index in [9.17, 15) is 10.1 Å². The molecule has 1 fully saturated rings. The van der Waals surface area contributed by atoms with Crippen LogP contribution >= 0.6 is 0 Å². The summed E-state index contributed by atoms with van der Waals surface area (Å²) in [7, 11) is 0. The van der Waals surface area contributed by atoms with Gasteiger partial charge >= 0.3 is 5.82 Å². The molecule has 0 radical (unpaired) electrons. The van der Waals surface area contributed by atoms with E-state index in [1.165, 1.54) is 25.4 Å². The van der Waals surface area contributed by atoms with Crippen LogP contribution in [0, 0.1) is 10.1 Å². The summed E-state index contributed by atoms with van der Waals surface area (Å²) in [5.41, 5.74) is 0.999. The zero-order valence-electron chi connectivity index (χ0n) is 8.93. The van der Waals surface area contributed by atoms with Crippen molar-refractivity contribution in [2.24, 2.45) is 0 Å². The zero-order chi connectivity index (χ0) is 11.5. The van der Waals surface area contributed by atoms with E-state index in [4.69, 9.17) is 0 Å². The molecule has 6 heteroatoms. The molecule has 1 aliphatic rings. The van der Waals surface area contributed by atoms with Crippen LogP contribution < -0.4 is 5.32 Å². The van der Waals surface area contributed by atoms with Crippen molar-refractivity contribution in [2.45, 2.75) is 25.4 Å². The molecule has 6 nitrogen and oxygen atoms in total. The van der Waals surface area contributed by atoms with Gasteiger partial charge in [0.1, 0.15) is 6.20 Å². The van der Waals surface area contributed by atoms with Gasteiger partial charge in [-0.3, -0.25) is 0 Å². The Morgan fingerprint density at radius 3 is 3.06 bits per heavy atom. The van der Waals surface area contributed by atoms with E-state index < -0.39 is 4.92 Å². The van der Waals surface area contributed by atoms with Crippen molar-refractivity contribution >= 4 is 5.82 Å². The number of imidazole rings is 1. The van der Waals surface area contributed by atoms with Crippen molar-refractivity contribution in [3.8, 4) is 0 Å². The molecule has 1 N–H and O–H groups in total. The van der Waals surface area contributed by atoms with Gasteiger partial charge in [0, 0.05) is 19.1 Å². The van der Waals surface area contributed by atoms with Crippen molar-refractivity contribution in [2.75, 3.05) is 6.54 Å². The molecule has 0 atom stereocenters. The summed E-state index contributed by atoms with van der Waals surface area (Å²) in [5, 5.41) is 13.8. The van der Waals surface area contributed by atoms with Gasteiger partial charge in [-0.25, -0.2) is 0 Å². The first-order valence-electron chi connectivity index (χ1n) is 5.21. The molecule has 2 rings (SSSR count). The Balaban J connectivity index is 1.82. The lowest BCUT2D eigenvalue weighted by Gasteiger charge is -2.06. The highest BCUT2D eigenvalue weighted by Crippen LogP contribution is 2.18. The van der Waals surface area contributed by atoms with Crippen LogP contribution in [-0.4, -0.2) is 27.1 Å². The van der Waals surface area contributed by atoms with Crippen LogP contribution in [0.2, 0.25) is 0 Å². The Kier molecular flexibility index (Phi) is 3.00. The first-order valence-corrected chi connectivity index (χ1v) is 5.21. The molecule has 86 valence electrons. The second-order valence-electron chi connectivity index (χ2n) is 4.07. The molecular formula is C10H14N4O2. The molecule has 16 heavy (non-hydrogen) atoms. The number of nitrogens with one attached hydrogen (secondary N) is 1. The molecule has 0 amide bonds. The van der Waals surface area contributed by atoms with Crippen LogP contribution in [-0.2, 0) is 6.54 Å². The molecule has 0 unspecified atom stereocenters. The first-order chi connectivity index (χ1) is 7.65. The quantitative estimate of drug-likeness (QED) is 0.444. The normalized spacial score (nSPS) is 15.0. The second kappa shape index (κ2) is 4.44. The Labute approximate surface area is 93.1 Å². The third-order valence-corrected chi connectivity index (χ3v) is 2.43. The van der Waals surface area contributed by atoms with Gasteiger partial charge in [-0.05, 0) is 28.3 Å². The van der Waals surface area contributed by atoms with Gasteiger partial charge in [-0.1, -0.05) is 6.58 Å². The van der Waals surface area contributed by atoms with Crippen LogP contribution in [0.1, 0.15) is 12.8 Å². The second-order valence-corrected chi connectivity index (χ2v) is 4.07. The van der Waals surface area contributed by atoms with E-state index in [-0.39, 0.29) is 5.82 Å². The lowest BCUT2D eigenvalue weighted by atomic mass is 10.3. The van der Waals surface area contributed by atoms with Crippen LogP contribution in [0.5, 0.6) is 0 Å². The number of hydrogen-bond donors (Lipinski definition) is 1. The summed E-state index contributed by atoms with van der Waals surface area (Å²) < 4.78 is 1.68. The summed E-state index contributed by atoms with van der Waals surface area (Å²) in [5.74, 6) is -0.122. The molecule has 1 heterocycles. The SMILES string of the molecule is C=C(CNC1CC1)Cn1cnc([N+](=O)[O-])c1. The molecule has 1 aromatic heterocycles. The minimum absolute atomic E-state index is 0.122. The van der Waals surface area contributed by atoms with Gasteiger partial charge < -0.3 is 20.0 Å². The number of nitro groups is 1. The van der Waals surface area contributed by atoms with E-state index in [2.05, 4.69) is 16.9 Å². The largest absolute Gasteiger partial charge is 0.381 e. The van der Waals surface area contributed by atoms with Crippen LogP contribution in [0.15, 0.2) is 24.7 Å². The summed E-state index contributed by atoms with van der Waals surface area (Å²) >= 11 is 0. The summed E-state index contributed by atoms with van der Waals surface area (Å²) in [6, 6.07) is 0.647. The Morgan fingerprint density at radius 2 is 2.50 bits per heavy atom. The molecule has 0 bridgehead atoms. The minimum atomic E-state index is -0.498. The predicted octanol–water partition coefficient (Wildman–Crippen LogP) is 1.10. The maximum Gasteiger partial charge on any atom is 0.381 e. The van der Waals surface area contributed by atoms with E-state index in [0.717, 1.165) is 12.1 Å². The molecule has 1 saturated carbocycles.